The molecular formula is C11H16ClN3O2S. The molecule has 0 saturated carbocycles. The van der Waals surface area contributed by atoms with Crippen LogP contribution in [0.15, 0.2) is 12.4 Å². The van der Waals surface area contributed by atoms with Crippen LogP contribution in [-0.4, -0.2) is 42.0 Å². The lowest BCUT2D eigenvalue weighted by atomic mass is 9.94. The van der Waals surface area contributed by atoms with Gasteiger partial charge in [0, 0.05) is 18.8 Å². The number of halogens is 1. The average molecular weight is 290 g/mol. The Kier molecular flexibility index (Phi) is 4.19. The fourth-order valence-electron chi connectivity index (χ4n) is 2.27. The Morgan fingerprint density at radius 2 is 2.28 bits per heavy atom. The Morgan fingerprint density at radius 1 is 1.50 bits per heavy atom. The predicted molar refractivity (Wildman–Crippen MR) is 69.9 cm³/mol. The summed E-state index contributed by atoms with van der Waals surface area (Å²) < 4.78 is 24.6. The van der Waals surface area contributed by atoms with E-state index in [9.17, 15) is 8.42 Å². The summed E-state index contributed by atoms with van der Waals surface area (Å²) in [7, 11) is -3.08. The van der Waals surface area contributed by atoms with Crippen molar-refractivity contribution in [1.82, 2.24) is 14.3 Å². The molecular weight excluding hydrogens is 274 g/mol. The minimum atomic E-state index is -3.08. The zero-order valence-corrected chi connectivity index (χ0v) is 11.8. The molecule has 1 atom stereocenters. The second-order valence-corrected chi connectivity index (χ2v) is 7.04. The van der Waals surface area contributed by atoms with Crippen LogP contribution in [0, 0.1) is 5.92 Å². The van der Waals surface area contributed by atoms with E-state index in [-0.39, 0.29) is 0 Å². The van der Waals surface area contributed by atoms with Crippen LogP contribution in [0.2, 0.25) is 5.15 Å². The van der Waals surface area contributed by atoms with Gasteiger partial charge in [0.2, 0.25) is 10.0 Å². The van der Waals surface area contributed by atoms with Gasteiger partial charge in [-0.15, -0.1) is 0 Å². The van der Waals surface area contributed by atoms with Crippen LogP contribution in [0.25, 0.3) is 0 Å². The summed E-state index contributed by atoms with van der Waals surface area (Å²) in [5, 5.41) is 0.427. The van der Waals surface area contributed by atoms with Crippen molar-refractivity contribution in [2.24, 2.45) is 5.92 Å². The molecule has 7 heteroatoms. The van der Waals surface area contributed by atoms with Crippen LogP contribution in [0.4, 0.5) is 0 Å². The zero-order chi connectivity index (χ0) is 13.2. The molecule has 0 bridgehead atoms. The van der Waals surface area contributed by atoms with Gasteiger partial charge in [0.25, 0.3) is 0 Å². The number of aromatic nitrogens is 2. The van der Waals surface area contributed by atoms with Gasteiger partial charge in [0.05, 0.1) is 6.26 Å². The molecule has 18 heavy (non-hydrogen) atoms. The third kappa shape index (κ3) is 3.63. The van der Waals surface area contributed by atoms with E-state index in [2.05, 4.69) is 9.97 Å². The highest BCUT2D eigenvalue weighted by atomic mass is 35.5. The molecule has 5 nitrogen and oxygen atoms in total. The first-order valence-corrected chi connectivity index (χ1v) is 8.09. The Bertz CT molecular complexity index is 521. The van der Waals surface area contributed by atoms with Gasteiger partial charge in [-0.1, -0.05) is 11.6 Å². The summed E-state index contributed by atoms with van der Waals surface area (Å²) in [6.45, 7) is 1.19. The maximum absolute atomic E-state index is 11.5. The van der Waals surface area contributed by atoms with Crippen molar-refractivity contribution in [3.63, 3.8) is 0 Å². The molecule has 1 saturated heterocycles. The predicted octanol–water partition coefficient (Wildman–Crippen LogP) is 1.34. The van der Waals surface area contributed by atoms with Crippen molar-refractivity contribution in [2.75, 3.05) is 19.3 Å². The van der Waals surface area contributed by atoms with Gasteiger partial charge in [-0.2, -0.15) is 0 Å². The molecule has 1 fully saturated rings. The van der Waals surface area contributed by atoms with Gasteiger partial charge in [-0.25, -0.2) is 22.7 Å². The van der Waals surface area contributed by atoms with Crippen molar-refractivity contribution in [2.45, 2.75) is 19.3 Å². The standard InChI is InChI=1S/C11H16ClN3O2S/c1-18(16,17)15-4-2-3-9(7-15)5-10-6-11(12)14-8-13-10/h6,8-9H,2-5,7H2,1H3. The topological polar surface area (TPSA) is 63.2 Å². The van der Waals surface area contributed by atoms with E-state index in [0.29, 0.717) is 24.2 Å². The van der Waals surface area contributed by atoms with Crippen LogP contribution >= 0.6 is 11.6 Å². The monoisotopic (exact) mass is 289 g/mol. The second kappa shape index (κ2) is 5.50. The molecule has 0 radical (unpaired) electrons. The molecule has 2 heterocycles. The zero-order valence-electron chi connectivity index (χ0n) is 10.2. The van der Waals surface area contributed by atoms with E-state index in [4.69, 9.17) is 11.6 Å². The summed E-state index contributed by atoms with van der Waals surface area (Å²) in [5.41, 5.74) is 0.871. The molecule has 1 aromatic rings. The molecule has 0 N–H and O–H groups in total. The van der Waals surface area contributed by atoms with E-state index >= 15 is 0 Å². The Morgan fingerprint density at radius 3 is 2.94 bits per heavy atom. The number of nitrogens with zero attached hydrogens (tertiary/aromatic N) is 3. The number of sulfonamides is 1. The summed E-state index contributed by atoms with van der Waals surface area (Å²) in [6.07, 6.45) is 5.37. The van der Waals surface area contributed by atoms with Crippen LogP contribution in [0.1, 0.15) is 18.5 Å². The maximum atomic E-state index is 11.5. The smallest absolute Gasteiger partial charge is 0.211 e. The summed E-state index contributed by atoms with van der Waals surface area (Å²) in [6, 6.07) is 1.74. The quantitative estimate of drug-likeness (QED) is 0.788. The summed E-state index contributed by atoms with van der Waals surface area (Å²) >= 11 is 5.81. The molecule has 1 unspecified atom stereocenters. The molecule has 0 aromatic carbocycles. The molecule has 1 aromatic heterocycles. The second-order valence-electron chi connectivity index (χ2n) is 4.67. The number of hydrogen-bond donors (Lipinski definition) is 0. The highest BCUT2D eigenvalue weighted by molar-refractivity contribution is 7.88. The van der Waals surface area contributed by atoms with Gasteiger partial charge >= 0.3 is 0 Å². The first kappa shape index (κ1) is 13.7. The third-order valence-corrected chi connectivity index (χ3v) is 4.62. The highest BCUT2D eigenvalue weighted by Crippen LogP contribution is 2.22. The number of hydrogen-bond acceptors (Lipinski definition) is 4. The first-order chi connectivity index (χ1) is 8.45. The Hall–Kier alpha value is -0.720. The van der Waals surface area contributed by atoms with Gasteiger partial charge < -0.3 is 0 Å². The lowest BCUT2D eigenvalue weighted by Gasteiger charge is -2.30. The van der Waals surface area contributed by atoms with Gasteiger partial charge in [-0.05, 0) is 31.2 Å². The lowest BCUT2D eigenvalue weighted by Crippen LogP contribution is -2.39. The molecule has 0 amide bonds. The fourth-order valence-corrected chi connectivity index (χ4v) is 3.38. The Labute approximate surface area is 112 Å². The van der Waals surface area contributed by atoms with E-state index in [1.165, 1.54) is 12.6 Å². The minimum absolute atomic E-state index is 0.305. The van der Waals surface area contributed by atoms with E-state index in [0.717, 1.165) is 25.0 Å². The van der Waals surface area contributed by atoms with Gasteiger partial charge in [-0.3, -0.25) is 0 Å². The largest absolute Gasteiger partial charge is 0.241 e. The van der Waals surface area contributed by atoms with Crippen LogP contribution in [0.5, 0.6) is 0 Å². The van der Waals surface area contributed by atoms with Crippen molar-refractivity contribution >= 4 is 21.6 Å². The van der Waals surface area contributed by atoms with E-state index in [1.54, 1.807) is 10.4 Å². The maximum Gasteiger partial charge on any atom is 0.211 e. The summed E-state index contributed by atoms with van der Waals surface area (Å²) in [5.74, 6) is 0.305. The van der Waals surface area contributed by atoms with Crippen molar-refractivity contribution in [1.29, 1.82) is 0 Å². The molecule has 1 aliphatic rings. The van der Waals surface area contributed by atoms with Gasteiger partial charge in [0.15, 0.2) is 0 Å². The van der Waals surface area contributed by atoms with Crippen molar-refractivity contribution in [3.05, 3.63) is 23.2 Å². The molecule has 2 rings (SSSR count). The highest BCUT2D eigenvalue weighted by Gasteiger charge is 2.26. The third-order valence-electron chi connectivity index (χ3n) is 3.14. The molecule has 100 valence electrons. The average Bonchev–Trinajstić information content (AvgIpc) is 2.28. The first-order valence-electron chi connectivity index (χ1n) is 5.86. The Balaban J connectivity index is 2.02. The number of piperidine rings is 1. The lowest BCUT2D eigenvalue weighted by molar-refractivity contribution is 0.265. The minimum Gasteiger partial charge on any atom is -0.241 e. The van der Waals surface area contributed by atoms with Gasteiger partial charge in [0.1, 0.15) is 11.5 Å². The number of rotatable bonds is 3. The SMILES string of the molecule is CS(=O)(=O)N1CCCC(Cc2cc(Cl)ncn2)C1. The molecule has 0 spiro atoms. The van der Waals surface area contributed by atoms with Crippen molar-refractivity contribution < 1.29 is 8.42 Å². The van der Waals surface area contributed by atoms with Crippen LogP contribution in [0.3, 0.4) is 0 Å². The fraction of sp³-hybridized carbons (Fsp3) is 0.636. The van der Waals surface area contributed by atoms with Crippen molar-refractivity contribution in [3.8, 4) is 0 Å². The van der Waals surface area contributed by atoms with Crippen LogP contribution in [-0.2, 0) is 16.4 Å². The van der Waals surface area contributed by atoms with Crippen LogP contribution < -0.4 is 0 Å². The summed E-state index contributed by atoms with van der Waals surface area (Å²) in [4.78, 5) is 7.99. The molecule has 0 aliphatic carbocycles. The molecule has 1 aliphatic heterocycles. The van der Waals surface area contributed by atoms with E-state index in [1.807, 2.05) is 0 Å². The van der Waals surface area contributed by atoms with E-state index < -0.39 is 10.0 Å². The normalized spacial score (nSPS) is 22.0.